The zero-order valence-corrected chi connectivity index (χ0v) is 9.87. The Balaban J connectivity index is 2.39. The summed E-state index contributed by atoms with van der Waals surface area (Å²) in [6, 6.07) is -0.0541. The van der Waals surface area contributed by atoms with E-state index in [0.29, 0.717) is 25.5 Å². The Morgan fingerprint density at radius 2 is 2.05 bits per heavy atom. The number of phenols is 1. The lowest BCUT2D eigenvalue weighted by Gasteiger charge is -2.23. The van der Waals surface area contributed by atoms with E-state index < -0.39 is 40.7 Å². The predicted molar refractivity (Wildman–Crippen MR) is 59.1 cm³/mol. The van der Waals surface area contributed by atoms with Gasteiger partial charge in [-0.3, -0.25) is 4.79 Å². The highest BCUT2D eigenvalue weighted by Crippen LogP contribution is 2.28. The van der Waals surface area contributed by atoms with Crippen LogP contribution in [-0.4, -0.2) is 40.2 Å². The molecule has 0 aliphatic carbocycles. The minimum absolute atomic E-state index is 0.289. The molecule has 1 aliphatic heterocycles. The summed E-state index contributed by atoms with van der Waals surface area (Å²) in [6.07, 6.45) is 1.19. The smallest absolute Gasteiger partial charge is 0.257 e. The van der Waals surface area contributed by atoms with Gasteiger partial charge in [-0.05, 0) is 18.9 Å². The highest BCUT2D eigenvalue weighted by atomic mass is 19.2. The van der Waals surface area contributed by atoms with Crippen LogP contribution in [0.15, 0.2) is 6.07 Å². The van der Waals surface area contributed by atoms with E-state index in [-0.39, 0.29) is 6.61 Å². The van der Waals surface area contributed by atoms with E-state index in [2.05, 4.69) is 0 Å². The van der Waals surface area contributed by atoms with Gasteiger partial charge in [-0.15, -0.1) is 0 Å². The lowest BCUT2D eigenvalue weighted by Crippen LogP contribution is -2.38. The molecular weight excluding hydrogens is 263 g/mol. The highest BCUT2D eigenvalue weighted by Gasteiger charge is 2.32. The Labute approximate surface area is 107 Å². The number of nitrogens with zero attached hydrogens (tertiary/aromatic N) is 1. The molecule has 1 atom stereocenters. The maximum Gasteiger partial charge on any atom is 0.257 e. The van der Waals surface area contributed by atoms with Crippen molar-refractivity contribution in [3.05, 3.63) is 29.1 Å². The summed E-state index contributed by atoms with van der Waals surface area (Å²) in [4.78, 5) is 13.2. The second-order valence-electron chi connectivity index (χ2n) is 4.36. The number of benzene rings is 1. The molecule has 1 aromatic carbocycles. The van der Waals surface area contributed by atoms with Crippen LogP contribution in [0.4, 0.5) is 13.2 Å². The van der Waals surface area contributed by atoms with E-state index in [1.807, 2.05) is 0 Å². The molecule has 104 valence electrons. The first-order chi connectivity index (χ1) is 8.97. The molecule has 1 aliphatic rings. The van der Waals surface area contributed by atoms with Crippen molar-refractivity contribution in [1.29, 1.82) is 0 Å². The molecule has 0 saturated carbocycles. The Morgan fingerprint density at radius 1 is 1.37 bits per heavy atom. The van der Waals surface area contributed by atoms with Crippen molar-refractivity contribution >= 4 is 5.91 Å². The topological polar surface area (TPSA) is 60.8 Å². The minimum atomic E-state index is -1.73. The molecule has 2 rings (SSSR count). The fourth-order valence-corrected chi connectivity index (χ4v) is 2.19. The van der Waals surface area contributed by atoms with Crippen molar-refractivity contribution in [1.82, 2.24) is 4.90 Å². The van der Waals surface area contributed by atoms with Crippen LogP contribution in [0.5, 0.6) is 5.75 Å². The number of amides is 1. The number of halogens is 3. The number of aromatic hydroxyl groups is 1. The molecule has 1 heterocycles. The SMILES string of the molecule is O=C(c1cc(F)c(F)c(O)c1F)N1CCC[C@H]1CO. The third-order valence-corrected chi connectivity index (χ3v) is 3.21. The van der Waals surface area contributed by atoms with Crippen molar-refractivity contribution in [3.63, 3.8) is 0 Å². The Bertz CT molecular complexity index is 521. The van der Waals surface area contributed by atoms with Crippen molar-refractivity contribution < 1.29 is 28.2 Å². The van der Waals surface area contributed by atoms with Gasteiger partial charge < -0.3 is 15.1 Å². The van der Waals surface area contributed by atoms with Gasteiger partial charge in [0.2, 0.25) is 5.82 Å². The van der Waals surface area contributed by atoms with Crippen molar-refractivity contribution in [2.24, 2.45) is 0 Å². The molecule has 0 radical (unpaired) electrons. The van der Waals surface area contributed by atoms with Gasteiger partial charge in [-0.25, -0.2) is 8.78 Å². The van der Waals surface area contributed by atoms with Crippen LogP contribution in [0, 0.1) is 17.5 Å². The maximum absolute atomic E-state index is 13.6. The predicted octanol–water partition coefficient (Wildman–Crippen LogP) is 1.41. The summed E-state index contributed by atoms with van der Waals surface area (Å²) >= 11 is 0. The number of phenolic OH excluding ortho intramolecular Hbond substituents is 1. The minimum Gasteiger partial charge on any atom is -0.503 e. The van der Waals surface area contributed by atoms with Gasteiger partial charge in [0.15, 0.2) is 17.4 Å². The van der Waals surface area contributed by atoms with Crippen LogP contribution >= 0.6 is 0 Å². The van der Waals surface area contributed by atoms with Crippen LogP contribution in [0.2, 0.25) is 0 Å². The second kappa shape index (κ2) is 5.08. The van der Waals surface area contributed by atoms with Crippen molar-refractivity contribution in [2.75, 3.05) is 13.2 Å². The number of likely N-dealkylation sites (tertiary alicyclic amines) is 1. The third kappa shape index (κ3) is 2.25. The van der Waals surface area contributed by atoms with Crippen molar-refractivity contribution in [2.45, 2.75) is 18.9 Å². The number of rotatable bonds is 2. The average molecular weight is 275 g/mol. The number of carbonyl (C=O) groups is 1. The number of carbonyl (C=O) groups excluding carboxylic acids is 1. The first kappa shape index (κ1) is 13.7. The number of aliphatic hydroxyl groups is 1. The largest absolute Gasteiger partial charge is 0.503 e. The summed E-state index contributed by atoms with van der Waals surface area (Å²) < 4.78 is 39.7. The van der Waals surface area contributed by atoms with Gasteiger partial charge in [0.25, 0.3) is 5.91 Å². The molecule has 1 saturated heterocycles. The van der Waals surface area contributed by atoms with Gasteiger partial charge in [-0.2, -0.15) is 4.39 Å². The van der Waals surface area contributed by atoms with Crippen LogP contribution in [0.3, 0.4) is 0 Å². The van der Waals surface area contributed by atoms with E-state index in [1.54, 1.807) is 0 Å². The summed E-state index contributed by atoms with van der Waals surface area (Å²) in [7, 11) is 0. The summed E-state index contributed by atoms with van der Waals surface area (Å²) in [5.74, 6) is -7.10. The molecule has 0 unspecified atom stereocenters. The van der Waals surface area contributed by atoms with E-state index in [0.717, 1.165) is 0 Å². The van der Waals surface area contributed by atoms with Gasteiger partial charge in [0, 0.05) is 6.54 Å². The lowest BCUT2D eigenvalue weighted by atomic mass is 10.1. The molecule has 2 N–H and O–H groups in total. The molecule has 1 aromatic rings. The fourth-order valence-electron chi connectivity index (χ4n) is 2.19. The van der Waals surface area contributed by atoms with Crippen LogP contribution < -0.4 is 0 Å². The van der Waals surface area contributed by atoms with E-state index in [4.69, 9.17) is 10.2 Å². The van der Waals surface area contributed by atoms with Gasteiger partial charge >= 0.3 is 0 Å². The molecule has 1 amide bonds. The molecule has 0 aromatic heterocycles. The summed E-state index contributed by atoms with van der Waals surface area (Å²) in [5, 5.41) is 18.2. The van der Waals surface area contributed by atoms with Crippen LogP contribution in [0.25, 0.3) is 0 Å². The quantitative estimate of drug-likeness (QED) is 0.802. The molecule has 4 nitrogen and oxygen atoms in total. The molecule has 1 fully saturated rings. The van der Waals surface area contributed by atoms with E-state index >= 15 is 0 Å². The Hall–Kier alpha value is -1.76. The average Bonchev–Trinajstić information content (AvgIpc) is 2.88. The Kier molecular flexibility index (Phi) is 3.66. The molecule has 19 heavy (non-hydrogen) atoms. The molecule has 0 spiro atoms. The summed E-state index contributed by atoms with van der Waals surface area (Å²) in [5.41, 5.74) is -0.739. The zero-order valence-electron chi connectivity index (χ0n) is 9.87. The van der Waals surface area contributed by atoms with Crippen LogP contribution in [-0.2, 0) is 0 Å². The third-order valence-electron chi connectivity index (χ3n) is 3.21. The standard InChI is InChI=1S/C12H12F3NO3/c13-8-4-7(9(14)11(18)10(8)15)12(19)16-3-1-2-6(16)5-17/h4,6,17-18H,1-3,5H2/t6-/m0/s1. The normalized spacial score (nSPS) is 18.9. The van der Waals surface area contributed by atoms with Crippen LogP contribution in [0.1, 0.15) is 23.2 Å². The van der Waals surface area contributed by atoms with Gasteiger partial charge in [0.05, 0.1) is 18.2 Å². The first-order valence-electron chi connectivity index (χ1n) is 5.75. The first-order valence-corrected chi connectivity index (χ1v) is 5.75. The zero-order chi connectivity index (χ0) is 14.2. The molecule has 0 bridgehead atoms. The molecule has 7 heteroatoms. The maximum atomic E-state index is 13.6. The second-order valence-corrected chi connectivity index (χ2v) is 4.36. The number of aliphatic hydroxyl groups excluding tert-OH is 1. The van der Waals surface area contributed by atoms with E-state index in [9.17, 15) is 18.0 Å². The lowest BCUT2D eigenvalue weighted by molar-refractivity contribution is 0.0671. The Morgan fingerprint density at radius 3 is 2.68 bits per heavy atom. The molecular formula is C12H12F3NO3. The fraction of sp³-hybridized carbons (Fsp3) is 0.417. The summed E-state index contributed by atoms with van der Waals surface area (Å²) in [6.45, 7) is 0.00623. The van der Waals surface area contributed by atoms with Gasteiger partial charge in [0.1, 0.15) is 0 Å². The van der Waals surface area contributed by atoms with Gasteiger partial charge in [-0.1, -0.05) is 0 Å². The van der Waals surface area contributed by atoms with Crippen molar-refractivity contribution in [3.8, 4) is 5.75 Å². The number of hydrogen-bond acceptors (Lipinski definition) is 3. The highest BCUT2D eigenvalue weighted by molar-refractivity contribution is 5.95. The number of hydrogen-bond donors (Lipinski definition) is 2. The van der Waals surface area contributed by atoms with E-state index in [1.165, 1.54) is 4.90 Å². The monoisotopic (exact) mass is 275 g/mol.